The highest BCUT2D eigenvalue weighted by molar-refractivity contribution is 7.91. The summed E-state index contributed by atoms with van der Waals surface area (Å²) in [5, 5.41) is 0. The lowest BCUT2D eigenvalue weighted by Crippen LogP contribution is -2.48. The van der Waals surface area contributed by atoms with Crippen LogP contribution in [0.3, 0.4) is 0 Å². The van der Waals surface area contributed by atoms with Gasteiger partial charge in [-0.1, -0.05) is 12.8 Å². The Bertz CT molecular complexity index is 326. The van der Waals surface area contributed by atoms with Gasteiger partial charge in [0.25, 0.3) is 0 Å². The quantitative estimate of drug-likeness (QED) is 0.705. The number of nitrogens with zero attached hydrogens (tertiary/aromatic N) is 1. The summed E-state index contributed by atoms with van der Waals surface area (Å²) in [6.45, 7) is 1.38. The summed E-state index contributed by atoms with van der Waals surface area (Å²) in [5.41, 5.74) is 0. The maximum absolute atomic E-state index is 12.0. The van der Waals surface area contributed by atoms with Crippen molar-refractivity contribution in [3.05, 3.63) is 0 Å². The van der Waals surface area contributed by atoms with Crippen molar-refractivity contribution in [1.82, 2.24) is 4.31 Å². The Morgan fingerprint density at radius 1 is 1.21 bits per heavy atom. The Balaban J connectivity index is 3.19. The van der Waals surface area contributed by atoms with Crippen molar-refractivity contribution in [3.63, 3.8) is 0 Å². The van der Waals surface area contributed by atoms with Crippen molar-refractivity contribution < 1.29 is 13.2 Å². The second kappa shape index (κ2) is 3.62. The lowest BCUT2D eigenvalue weighted by molar-refractivity contribution is -0.119. The highest BCUT2D eigenvalue weighted by atomic mass is 32.2. The van der Waals surface area contributed by atoms with E-state index in [0.29, 0.717) is 12.8 Å². The van der Waals surface area contributed by atoms with Gasteiger partial charge in [0.1, 0.15) is 4.75 Å². The molecule has 14 heavy (non-hydrogen) atoms. The average molecular weight is 219 g/mol. The topological polar surface area (TPSA) is 54.5 Å². The van der Waals surface area contributed by atoms with Crippen LogP contribution in [0.5, 0.6) is 0 Å². The zero-order valence-corrected chi connectivity index (χ0v) is 9.73. The molecule has 0 saturated heterocycles. The molecule has 0 bridgehead atoms. The van der Waals surface area contributed by atoms with Crippen molar-refractivity contribution in [1.29, 1.82) is 0 Å². The summed E-state index contributed by atoms with van der Waals surface area (Å²) in [4.78, 5) is 11.5. The Hall–Kier alpha value is -0.420. The Kier molecular flexibility index (Phi) is 3.02. The molecule has 0 aliphatic heterocycles. The minimum atomic E-state index is -3.45. The van der Waals surface area contributed by atoms with E-state index < -0.39 is 14.8 Å². The average Bonchev–Trinajstić information content (AvgIpc) is 2.52. The van der Waals surface area contributed by atoms with Crippen LogP contribution in [-0.4, -0.2) is 37.3 Å². The molecule has 4 nitrogen and oxygen atoms in total. The number of rotatable bonds is 3. The van der Waals surface area contributed by atoms with E-state index in [0.717, 1.165) is 12.8 Å². The summed E-state index contributed by atoms with van der Waals surface area (Å²) in [5.74, 6) is -0.219. The van der Waals surface area contributed by atoms with Crippen LogP contribution < -0.4 is 0 Å². The second-order valence-electron chi connectivity index (χ2n) is 4.05. The lowest BCUT2D eigenvalue weighted by Gasteiger charge is -2.28. The molecule has 0 radical (unpaired) electrons. The smallest absolute Gasteiger partial charge is 0.226 e. The summed E-state index contributed by atoms with van der Waals surface area (Å²) in [7, 11) is -0.485. The van der Waals surface area contributed by atoms with Gasteiger partial charge in [-0.2, -0.15) is 0 Å². The number of carbonyl (C=O) groups excluding carboxylic acids is 1. The van der Waals surface area contributed by atoms with E-state index in [2.05, 4.69) is 0 Å². The molecule has 0 spiro atoms. The molecule has 5 heteroatoms. The van der Waals surface area contributed by atoms with Crippen LogP contribution in [0, 0.1) is 0 Å². The van der Waals surface area contributed by atoms with Crippen LogP contribution in [0.2, 0.25) is 0 Å². The molecular weight excluding hydrogens is 202 g/mol. The van der Waals surface area contributed by atoms with Crippen molar-refractivity contribution in [2.24, 2.45) is 0 Å². The van der Waals surface area contributed by atoms with Gasteiger partial charge in [-0.25, -0.2) is 12.7 Å². The van der Waals surface area contributed by atoms with Gasteiger partial charge >= 0.3 is 0 Å². The van der Waals surface area contributed by atoms with Crippen LogP contribution in [0.1, 0.15) is 32.6 Å². The van der Waals surface area contributed by atoms with E-state index in [-0.39, 0.29) is 5.78 Å². The number of hydrogen-bond donors (Lipinski definition) is 0. The molecule has 0 atom stereocenters. The predicted molar refractivity (Wildman–Crippen MR) is 54.5 cm³/mol. The molecule has 0 aromatic carbocycles. The number of ketones is 1. The van der Waals surface area contributed by atoms with E-state index in [9.17, 15) is 13.2 Å². The van der Waals surface area contributed by atoms with Crippen molar-refractivity contribution >= 4 is 15.8 Å². The monoisotopic (exact) mass is 219 g/mol. The second-order valence-corrected chi connectivity index (χ2v) is 6.51. The van der Waals surface area contributed by atoms with Crippen molar-refractivity contribution in [2.75, 3.05) is 14.1 Å². The van der Waals surface area contributed by atoms with Gasteiger partial charge in [-0.05, 0) is 19.8 Å². The zero-order chi connectivity index (χ0) is 11.0. The fourth-order valence-electron chi connectivity index (χ4n) is 2.09. The number of hydrogen-bond acceptors (Lipinski definition) is 3. The molecule has 0 heterocycles. The fraction of sp³-hybridized carbons (Fsp3) is 0.889. The summed E-state index contributed by atoms with van der Waals surface area (Å²) >= 11 is 0. The highest BCUT2D eigenvalue weighted by Crippen LogP contribution is 2.38. The first-order chi connectivity index (χ1) is 6.34. The summed E-state index contributed by atoms with van der Waals surface area (Å²) in [6.07, 6.45) is 2.60. The third kappa shape index (κ3) is 1.48. The first kappa shape index (κ1) is 11.7. The molecule has 1 saturated carbocycles. The molecule has 0 aromatic heterocycles. The molecule has 1 fully saturated rings. The molecule has 1 rings (SSSR count). The first-order valence-electron chi connectivity index (χ1n) is 4.78. The van der Waals surface area contributed by atoms with E-state index in [1.165, 1.54) is 25.3 Å². The number of carbonyl (C=O) groups is 1. The maximum Gasteiger partial charge on any atom is 0.226 e. The van der Waals surface area contributed by atoms with Gasteiger partial charge in [-0.3, -0.25) is 4.79 Å². The van der Waals surface area contributed by atoms with Crippen molar-refractivity contribution in [2.45, 2.75) is 37.4 Å². The molecule has 0 aromatic rings. The molecule has 1 aliphatic carbocycles. The van der Waals surface area contributed by atoms with Gasteiger partial charge in [-0.15, -0.1) is 0 Å². The molecular formula is C9H17NO3S. The van der Waals surface area contributed by atoms with Crippen LogP contribution in [0.15, 0.2) is 0 Å². The largest absolute Gasteiger partial charge is 0.298 e. The van der Waals surface area contributed by atoms with Gasteiger partial charge < -0.3 is 0 Å². The van der Waals surface area contributed by atoms with Gasteiger partial charge in [0.05, 0.1) is 0 Å². The number of Topliss-reactive ketones (excluding diaryl/α,β-unsaturated/α-hetero) is 1. The minimum absolute atomic E-state index is 0.219. The SMILES string of the molecule is CC(=O)C1(S(=O)(=O)N(C)C)CCCC1. The number of sulfonamides is 1. The molecule has 0 N–H and O–H groups in total. The third-order valence-electron chi connectivity index (χ3n) is 3.03. The molecule has 0 amide bonds. The van der Waals surface area contributed by atoms with Crippen LogP contribution in [0.4, 0.5) is 0 Å². The van der Waals surface area contributed by atoms with Crippen LogP contribution in [0.25, 0.3) is 0 Å². The first-order valence-corrected chi connectivity index (χ1v) is 6.22. The summed E-state index contributed by atoms with van der Waals surface area (Å²) < 4.78 is 24.0. The zero-order valence-electron chi connectivity index (χ0n) is 8.91. The molecule has 0 unspecified atom stereocenters. The van der Waals surface area contributed by atoms with Gasteiger partial charge in [0, 0.05) is 14.1 Å². The lowest BCUT2D eigenvalue weighted by atomic mass is 10.0. The summed E-state index contributed by atoms with van der Waals surface area (Å²) in [6, 6.07) is 0. The standard InChI is InChI=1S/C9H17NO3S/c1-8(11)9(6-4-5-7-9)14(12,13)10(2)3/h4-7H2,1-3H3. The maximum atomic E-state index is 12.0. The van der Waals surface area contributed by atoms with Crippen molar-refractivity contribution in [3.8, 4) is 0 Å². The third-order valence-corrected chi connectivity index (χ3v) is 5.67. The van der Waals surface area contributed by atoms with Crippen LogP contribution in [-0.2, 0) is 14.8 Å². The fourth-order valence-corrected chi connectivity index (χ4v) is 3.95. The molecule has 82 valence electrons. The molecule has 1 aliphatic rings. The Morgan fingerprint density at radius 3 is 1.93 bits per heavy atom. The van der Waals surface area contributed by atoms with Gasteiger partial charge in [0.15, 0.2) is 5.78 Å². The van der Waals surface area contributed by atoms with E-state index in [4.69, 9.17) is 0 Å². The van der Waals surface area contributed by atoms with Gasteiger partial charge in [0.2, 0.25) is 10.0 Å². The normalized spacial score (nSPS) is 21.4. The van der Waals surface area contributed by atoms with E-state index in [1.54, 1.807) is 0 Å². The van der Waals surface area contributed by atoms with E-state index in [1.807, 2.05) is 0 Å². The Morgan fingerprint density at radius 2 is 1.64 bits per heavy atom. The predicted octanol–water partition coefficient (Wildman–Crippen LogP) is 0.780. The van der Waals surface area contributed by atoms with E-state index >= 15 is 0 Å². The van der Waals surface area contributed by atoms with Crippen LogP contribution >= 0.6 is 0 Å². The minimum Gasteiger partial charge on any atom is -0.298 e. The Labute approximate surface area is 85.3 Å². The highest BCUT2D eigenvalue weighted by Gasteiger charge is 2.51.